The van der Waals surface area contributed by atoms with Crippen LogP contribution in [0.3, 0.4) is 0 Å². The van der Waals surface area contributed by atoms with Crippen LogP contribution in [0.5, 0.6) is 0 Å². The van der Waals surface area contributed by atoms with Crippen LogP contribution in [0.1, 0.15) is 19.8 Å². The molecule has 8 heteroatoms. The molecule has 0 radical (unpaired) electrons. The first-order chi connectivity index (χ1) is 13.4. The molecular weight excluding hydrogens is 380 g/mol. The molecule has 1 aromatic carbocycles. The van der Waals surface area contributed by atoms with Crippen molar-refractivity contribution < 1.29 is 14.4 Å². The van der Waals surface area contributed by atoms with E-state index in [2.05, 4.69) is 15.5 Å². The maximum absolute atomic E-state index is 12.3. The smallest absolute Gasteiger partial charge is 0.242 e. The number of nitrogens with zero attached hydrogens (tertiary/aromatic N) is 2. The van der Waals surface area contributed by atoms with Gasteiger partial charge in [0.05, 0.1) is 6.54 Å². The van der Waals surface area contributed by atoms with Crippen molar-refractivity contribution in [2.75, 3.05) is 44.2 Å². The Morgan fingerprint density at radius 3 is 2.50 bits per heavy atom. The van der Waals surface area contributed by atoms with Crippen LogP contribution in [-0.2, 0) is 14.4 Å². The van der Waals surface area contributed by atoms with Crippen molar-refractivity contribution in [3.63, 3.8) is 0 Å². The predicted molar refractivity (Wildman–Crippen MR) is 108 cm³/mol. The summed E-state index contributed by atoms with van der Waals surface area (Å²) in [7, 11) is 0. The minimum absolute atomic E-state index is 0.0103. The average molecular weight is 407 g/mol. The molecule has 2 unspecified atom stereocenters. The molecule has 0 bridgehead atoms. The van der Waals surface area contributed by atoms with Crippen LogP contribution in [-0.4, -0.2) is 61.9 Å². The number of hydrogen-bond donors (Lipinski definition) is 2. The first kappa shape index (κ1) is 20.5. The number of rotatable bonds is 7. The number of piperazine rings is 1. The topological polar surface area (TPSA) is 81.8 Å². The van der Waals surface area contributed by atoms with Gasteiger partial charge in [-0.25, -0.2) is 0 Å². The average Bonchev–Trinajstić information content (AvgIpc) is 3.43. The van der Waals surface area contributed by atoms with Crippen molar-refractivity contribution in [2.24, 2.45) is 11.8 Å². The Morgan fingerprint density at radius 1 is 1.14 bits per heavy atom. The van der Waals surface area contributed by atoms with Gasteiger partial charge in [0, 0.05) is 55.8 Å². The minimum atomic E-state index is -0.227. The van der Waals surface area contributed by atoms with Gasteiger partial charge in [-0.2, -0.15) is 0 Å². The molecule has 1 saturated heterocycles. The molecule has 0 aromatic heterocycles. The van der Waals surface area contributed by atoms with E-state index in [1.165, 1.54) is 0 Å². The number of hydrogen-bond acceptors (Lipinski definition) is 4. The zero-order chi connectivity index (χ0) is 20.1. The maximum Gasteiger partial charge on any atom is 0.242 e. The van der Waals surface area contributed by atoms with Gasteiger partial charge in [0.25, 0.3) is 0 Å². The van der Waals surface area contributed by atoms with E-state index in [1.807, 2.05) is 31.2 Å². The minimum Gasteiger partial charge on any atom is -0.368 e. The third kappa shape index (κ3) is 5.61. The van der Waals surface area contributed by atoms with Crippen LogP contribution < -0.4 is 15.5 Å². The van der Waals surface area contributed by atoms with Gasteiger partial charge in [0.2, 0.25) is 17.7 Å². The molecule has 0 spiro atoms. The number of benzene rings is 1. The standard InChI is InChI=1S/C20H27ClN4O3/c1-14-11-17(14)20(28)22-6-5-18(26)23-13-19(27)25-9-7-24(8-10-25)16-4-2-3-15(21)12-16/h2-4,12,14,17H,5-11,13H2,1H3,(H,22,28)(H,23,26). The summed E-state index contributed by atoms with van der Waals surface area (Å²) in [5, 5.41) is 6.11. The van der Waals surface area contributed by atoms with Gasteiger partial charge in [0.15, 0.2) is 0 Å². The second-order valence-corrected chi connectivity index (χ2v) is 7.92. The normalized spacial score (nSPS) is 21.2. The summed E-state index contributed by atoms with van der Waals surface area (Å²) in [5.41, 5.74) is 1.05. The Morgan fingerprint density at radius 2 is 1.86 bits per heavy atom. The lowest BCUT2D eigenvalue weighted by Gasteiger charge is -2.36. The largest absolute Gasteiger partial charge is 0.368 e. The Balaban J connectivity index is 1.32. The molecule has 2 atom stereocenters. The van der Waals surface area contributed by atoms with E-state index in [0.717, 1.165) is 25.2 Å². The fourth-order valence-corrected chi connectivity index (χ4v) is 3.56. The highest BCUT2D eigenvalue weighted by molar-refractivity contribution is 6.30. The molecule has 1 saturated carbocycles. The molecule has 152 valence electrons. The highest BCUT2D eigenvalue weighted by Gasteiger charge is 2.38. The number of nitrogens with one attached hydrogen (secondary N) is 2. The second-order valence-electron chi connectivity index (χ2n) is 7.48. The summed E-state index contributed by atoms with van der Waals surface area (Å²) in [5.74, 6) is 0.264. The first-order valence-electron chi connectivity index (χ1n) is 9.76. The van der Waals surface area contributed by atoms with E-state index in [0.29, 0.717) is 30.6 Å². The first-order valence-corrected chi connectivity index (χ1v) is 10.1. The summed E-state index contributed by atoms with van der Waals surface area (Å²) >= 11 is 6.04. The van der Waals surface area contributed by atoms with Gasteiger partial charge < -0.3 is 20.4 Å². The van der Waals surface area contributed by atoms with E-state index in [1.54, 1.807) is 4.90 Å². The van der Waals surface area contributed by atoms with Gasteiger partial charge in [-0.15, -0.1) is 0 Å². The third-order valence-corrected chi connectivity index (χ3v) is 5.58. The number of carbonyl (C=O) groups is 3. The third-order valence-electron chi connectivity index (χ3n) is 5.34. The molecular formula is C20H27ClN4O3. The molecule has 7 nitrogen and oxygen atoms in total. The molecule has 2 N–H and O–H groups in total. The predicted octanol–water partition coefficient (Wildman–Crippen LogP) is 1.27. The van der Waals surface area contributed by atoms with Gasteiger partial charge in [-0.1, -0.05) is 24.6 Å². The molecule has 1 aromatic rings. The van der Waals surface area contributed by atoms with Crippen molar-refractivity contribution in [2.45, 2.75) is 19.8 Å². The van der Waals surface area contributed by atoms with E-state index < -0.39 is 0 Å². The van der Waals surface area contributed by atoms with Crippen LogP contribution >= 0.6 is 11.6 Å². The Labute approximate surface area is 170 Å². The maximum atomic E-state index is 12.3. The second kappa shape index (κ2) is 9.28. The van der Waals surface area contributed by atoms with Crippen molar-refractivity contribution in [3.05, 3.63) is 29.3 Å². The van der Waals surface area contributed by atoms with Gasteiger partial charge in [0.1, 0.15) is 0 Å². The zero-order valence-electron chi connectivity index (χ0n) is 16.1. The van der Waals surface area contributed by atoms with Crippen molar-refractivity contribution >= 4 is 35.0 Å². The lowest BCUT2D eigenvalue weighted by atomic mass is 10.2. The number of halogens is 1. The zero-order valence-corrected chi connectivity index (χ0v) is 16.9. The molecule has 3 rings (SSSR count). The highest BCUT2D eigenvalue weighted by Crippen LogP contribution is 2.37. The van der Waals surface area contributed by atoms with E-state index in [4.69, 9.17) is 11.6 Å². The van der Waals surface area contributed by atoms with Gasteiger partial charge >= 0.3 is 0 Å². The van der Waals surface area contributed by atoms with Crippen LogP contribution in [0, 0.1) is 11.8 Å². The molecule has 1 heterocycles. The van der Waals surface area contributed by atoms with Crippen molar-refractivity contribution in [3.8, 4) is 0 Å². The van der Waals surface area contributed by atoms with Crippen LogP contribution in [0.2, 0.25) is 5.02 Å². The van der Waals surface area contributed by atoms with E-state index >= 15 is 0 Å². The lowest BCUT2D eigenvalue weighted by molar-refractivity contribution is -0.133. The summed E-state index contributed by atoms with van der Waals surface area (Å²) in [6.45, 7) is 5.01. The summed E-state index contributed by atoms with van der Waals surface area (Å²) < 4.78 is 0. The quantitative estimate of drug-likeness (QED) is 0.714. The summed E-state index contributed by atoms with van der Waals surface area (Å²) in [6.07, 6.45) is 1.11. The van der Waals surface area contributed by atoms with Gasteiger partial charge in [-0.05, 0) is 30.5 Å². The Kier molecular flexibility index (Phi) is 6.78. The van der Waals surface area contributed by atoms with Crippen LogP contribution in [0.15, 0.2) is 24.3 Å². The molecule has 2 aliphatic rings. The molecule has 1 aliphatic heterocycles. The number of amides is 3. The highest BCUT2D eigenvalue weighted by atomic mass is 35.5. The Hall–Kier alpha value is -2.28. The molecule has 1 aliphatic carbocycles. The molecule has 2 fully saturated rings. The molecule has 28 heavy (non-hydrogen) atoms. The van der Waals surface area contributed by atoms with E-state index in [9.17, 15) is 14.4 Å². The fraction of sp³-hybridized carbons (Fsp3) is 0.550. The van der Waals surface area contributed by atoms with Crippen molar-refractivity contribution in [1.29, 1.82) is 0 Å². The number of carbonyl (C=O) groups excluding carboxylic acids is 3. The SMILES string of the molecule is CC1CC1C(=O)NCCC(=O)NCC(=O)N1CCN(c2cccc(Cl)c2)CC1. The van der Waals surface area contributed by atoms with Gasteiger partial charge in [-0.3, -0.25) is 14.4 Å². The monoisotopic (exact) mass is 406 g/mol. The van der Waals surface area contributed by atoms with Crippen LogP contribution in [0.4, 0.5) is 5.69 Å². The van der Waals surface area contributed by atoms with Crippen molar-refractivity contribution in [1.82, 2.24) is 15.5 Å². The molecule has 3 amide bonds. The summed E-state index contributed by atoms with van der Waals surface area (Å²) in [4.78, 5) is 39.9. The number of anilines is 1. The fourth-order valence-electron chi connectivity index (χ4n) is 3.38. The lowest BCUT2D eigenvalue weighted by Crippen LogP contribution is -2.51. The Bertz CT molecular complexity index is 734. The van der Waals surface area contributed by atoms with Crippen LogP contribution in [0.25, 0.3) is 0 Å². The van der Waals surface area contributed by atoms with E-state index in [-0.39, 0.29) is 36.6 Å². The summed E-state index contributed by atoms with van der Waals surface area (Å²) in [6, 6.07) is 7.68.